The lowest BCUT2D eigenvalue weighted by Gasteiger charge is -2.13. The number of carbonyl (C=O) groups is 1. The number of thiocarbonyl (C=S) groups is 1. The highest BCUT2D eigenvalue weighted by Crippen LogP contribution is 2.28. The summed E-state index contributed by atoms with van der Waals surface area (Å²) in [5, 5.41) is 18.2. The second kappa shape index (κ2) is 9.93. The molecule has 1 aromatic carbocycles. The third-order valence-electron chi connectivity index (χ3n) is 3.77. The first-order valence-corrected chi connectivity index (χ1v) is 8.61. The monoisotopic (exact) mass is 380 g/mol. The van der Waals surface area contributed by atoms with Gasteiger partial charge in [-0.2, -0.15) is 5.10 Å². The average molecular weight is 380 g/mol. The van der Waals surface area contributed by atoms with Crippen LogP contribution in [-0.2, 0) is 9.53 Å². The molecule has 142 valence electrons. The van der Waals surface area contributed by atoms with Crippen LogP contribution in [-0.4, -0.2) is 49.8 Å². The third-order valence-corrected chi connectivity index (χ3v) is 4.00. The van der Waals surface area contributed by atoms with E-state index in [1.807, 2.05) is 6.92 Å². The van der Waals surface area contributed by atoms with Crippen LogP contribution in [0, 0.1) is 0 Å². The lowest BCUT2D eigenvalue weighted by molar-refractivity contribution is -0.307. The number of ether oxygens (including phenoxy) is 3. The smallest absolute Gasteiger partial charge is 0.187 e. The summed E-state index contributed by atoms with van der Waals surface area (Å²) in [5.74, 6) is -0.588. The molecule has 0 saturated carbocycles. The van der Waals surface area contributed by atoms with Crippen LogP contribution in [0.3, 0.4) is 0 Å². The van der Waals surface area contributed by atoms with Gasteiger partial charge in [-0.15, -0.1) is 0 Å². The van der Waals surface area contributed by atoms with Gasteiger partial charge >= 0.3 is 0 Å². The molecule has 1 aromatic rings. The lowest BCUT2D eigenvalue weighted by atomic mass is 10.1. The molecule has 1 saturated heterocycles. The first kappa shape index (κ1) is 19.9. The Kier molecular flexibility index (Phi) is 7.61. The van der Waals surface area contributed by atoms with E-state index in [2.05, 4.69) is 15.8 Å². The molecule has 0 aliphatic carbocycles. The summed E-state index contributed by atoms with van der Waals surface area (Å²) >= 11 is 5.19. The maximum atomic E-state index is 10.5. The molecule has 0 radical (unpaired) electrons. The van der Waals surface area contributed by atoms with E-state index in [4.69, 9.17) is 26.4 Å². The minimum atomic E-state index is -1.30. The number of hydrazone groups is 1. The molecule has 2 rings (SSSR count). The van der Waals surface area contributed by atoms with Crippen molar-refractivity contribution < 1.29 is 24.1 Å². The van der Waals surface area contributed by atoms with E-state index in [1.54, 1.807) is 18.2 Å². The Morgan fingerprint density at radius 2 is 2.27 bits per heavy atom. The second-order valence-electron chi connectivity index (χ2n) is 5.68. The molecule has 0 aromatic heterocycles. The van der Waals surface area contributed by atoms with Crippen molar-refractivity contribution in [1.29, 1.82) is 0 Å². The van der Waals surface area contributed by atoms with Gasteiger partial charge in [-0.3, -0.25) is 5.43 Å². The highest BCUT2D eigenvalue weighted by atomic mass is 32.1. The fourth-order valence-corrected chi connectivity index (χ4v) is 2.53. The Morgan fingerprint density at radius 1 is 1.46 bits per heavy atom. The van der Waals surface area contributed by atoms with E-state index in [1.165, 1.54) is 7.11 Å². The third kappa shape index (κ3) is 6.16. The van der Waals surface area contributed by atoms with Gasteiger partial charge in [0.2, 0.25) is 0 Å². The van der Waals surface area contributed by atoms with Crippen LogP contribution in [0.15, 0.2) is 23.3 Å². The Bertz CT molecular complexity index is 674. The zero-order valence-electron chi connectivity index (χ0n) is 14.7. The summed E-state index contributed by atoms with van der Waals surface area (Å²) in [4.78, 5) is 10.5. The van der Waals surface area contributed by atoms with Crippen molar-refractivity contribution in [2.24, 2.45) is 5.10 Å². The summed E-state index contributed by atoms with van der Waals surface area (Å²) in [6, 6.07) is 5.06. The van der Waals surface area contributed by atoms with Crippen molar-refractivity contribution in [2.75, 3.05) is 26.9 Å². The first-order valence-electron chi connectivity index (χ1n) is 8.20. The van der Waals surface area contributed by atoms with Crippen LogP contribution < -0.4 is 25.3 Å². The van der Waals surface area contributed by atoms with Gasteiger partial charge in [0.1, 0.15) is 6.61 Å². The van der Waals surface area contributed by atoms with Gasteiger partial charge in [-0.25, -0.2) is 0 Å². The Balaban J connectivity index is 1.92. The van der Waals surface area contributed by atoms with Gasteiger partial charge in [-0.05, 0) is 50.2 Å². The number of rotatable bonds is 8. The zero-order valence-corrected chi connectivity index (χ0v) is 15.6. The van der Waals surface area contributed by atoms with Gasteiger partial charge in [0.15, 0.2) is 16.6 Å². The molecule has 8 nitrogen and oxygen atoms in total. The number of benzene rings is 1. The summed E-state index contributed by atoms with van der Waals surface area (Å²) in [6.07, 6.45) is 2.30. The number of aliphatic carboxylic acids is 1. The number of carboxylic acid groups (broad SMARTS) is 1. The summed E-state index contributed by atoms with van der Waals surface area (Å²) in [6.45, 7) is 2.72. The van der Waals surface area contributed by atoms with Crippen molar-refractivity contribution in [3.63, 3.8) is 0 Å². The van der Waals surface area contributed by atoms with E-state index in [9.17, 15) is 9.90 Å². The minimum absolute atomic E-state index is 0.192. The number of nitrogens with zero attached hydrogens (tertiary/aromatic N) is 1. The van der Waals surface area contributed by atoms with Crippen LogP contribution in [0.5, 0.6) is 11.5 Å². The maximum absolute atomic E-state index is 10.5. The molecule has 2 N–H and O–H groups in total. The molecule has 1 aliphatic rings. The Hall–Kier alpha value is -2.39. The van der Waals surface area contributed by atoms with Crippen LogP contribution in [0.2, 0.25) is 0 Å². The number of hydrogen-bond acceptors (Lipinski definition) is 7. The summed E-state index contributed by atoms with van der Waals surface area (Å²) in [5.41, 5.74) is 4.24. The van der Waals surface area contributed by atoms with Crippen molar-refractivity contribution in [1.82, 2.24) is 10.7 Å². The molecule has 26 heavy (non-hydrogen) atoms. The molecular formula is C17H22N3O5S-. The van der Waals surface area contributed by atoms with Crippen molar-refractivity contribution >= 4 is 29.0 Å². The number of methoxy groups -OCH3 is 1. The van der Waals surface area contributed by atoms with E-state index in [-0.39, 0.29) is 6.10 Å². The molecule has 0 bridgehead atoms. The molecule has 1 atom stereocenters. The average Bonchev–Trinajstić information content (AvgIpc) is 3.16. The van der Waals surface area contributed by atoms with Crippen LogP contribution in [0.25, 0.3) is 0 Å². The highest BCUT2D eigenvalue weighted by molar-refractivity contribution is 7.80. The van der Waals surface area contributed by atoms with Crippen molar-refractivity contribution in [3.05, 3.63) is 23.8 Å². The normalized spacial score (nSPS) is 16.8. The predicted molar refractivity (Wildman–Crippen MR) is 98.4 cm³/mol. The largest absolute Gasteiger partial charge is 0.546 e. The van der Waals surface area contributed by atoms with Gasteiger partial charge in [0, 0.05) is 18.7 Å². The van der Waals surface area contributed by atoms with Gasteiger partial charge in [0.05, 0.1) is 24.9 Å². The molecular weight excluding hydrogens is 358 g/mol. The highest BCUT2D eigenvalue weighted by Gasteiger charge is 2.15. The summed E-state index contributed by atoms with van der Waals surface area (Å²) in [7, 11) is 1.47. The van der Waals surface area contributed by atoms with Crippen LogP contribution in [0.4, 0.5) is 0 Å². The number of nitrogens with one attached hydrogen (secondary N) is 2. The van der Waals surface area contributed by atoms with E-state index < -0.39 is 12.6 Å². The molecule has 1 aliphatic heterocycles. The fraction of sp³-hybridized carbons (Fsp3) is 0.471. The number of hydrogen-bond donors (Lipinski definition) is 2. The molecule has 0 unspecified atom stereocenters. The standard InChI is InChI=1S/C17H23N3O5S/c1-11(19-20-17(26)18-9-13-4-3-7-24-13)12-5-6-14(15(8-12)23-2)25-10-16(21)22/h5-6,8,13H,3-4,7,9-10H2,1-2H3,(H,21,22)(H2,18,20,26)/p-1/b19-11-/t13-/m1/s1. The molecule has 0 spiro atoms. The van der Waals surface area contributed by atoms with Gasteiger partial charge in [0.25, 0.3) is 0 Å². The first-order chi connectivity index (χ1) is 12.5. The van der Waals surface area contributed by atoms with Crippen LogP contribution in [0.1, 0.15) is 25.3 Å². The minimum Gasteiger partial charge on any atom is -0.546 e. The molecule has 0 amide bonds. The Morgan fingerprint density at radius 3 is 2.92 bits per heavy atom. The summed E-state index contributed by atoms with van der Waals surface area (Å²) < 4.78 is 15.9. The SMILES string of the molecule is COc1cc(/C(C)=N\NC(=S)NC[C@H]2CCCO2)ccc1OCC(=O)[O-]. The second-order valence-corrected chi connectivity index (χ2v) is 6.09. The number of carboxylic acids is 1. The van der Waals surface area contributed by atoms with Crippen molar-refractivity contribution in [3.8, 4) is 11.5 Å². The molecule has 1 heterocycles. The lowest BCUT2D eigenvalue weighted by Crippen LogP contribution is -2.37. The topological polar surface area (TPSA) is 104 Å². The van der Waals surface area contributed by atoms with Crippen molar-refractivity contribution in [2.45, 2.75) is 25.9 Å². The predicted octanol–water partition coefficient (Wildman–Crippen LogP) is 0.191. The van der Waals surface area contributed by atoms with Gasteiger partial charge in [-0.1, -0.05) is 0 Å². The van der Waals surface area contributed by atoms with Gasteiger partial charge < -0.3 is 29.4 Å². The molecule has 9 heteroatoms. The van der Waals surface area contributed by atoms with E-state index >= 15 is 0 Å². The quantitative estimate of drug-likeness (QED) is 0.374. The zero-order chi connectivity index (χ0) is 18.9. The van der Waals surface area contributed by atoms with E-state index in [0.717, 1.165) is 25.0 Å². The maximum Gasteiger partial charge on any atom is 0.187 e. The fourth-order valence-electron chi connectivity index (χ4n) is 2.40. The van der Waals surface area contributed by atoms with E-state index in [0.29, 0.717) is 28.9 Å². The Labute approximate surface area is 157 Å². The number of carbonyl (C=O) groups excluding carboxylic acids is 1. The van der Waals surface area contributed by atoms with Crippen LogP contribution >= 0.6 is 12.2 Å². The molecule has 1 fully saturated rings.